The van der Waals surface area contributed by atoms with Crippen LogP contribution in [0.4, 0.5) is 0 Å². The topological polar surface area (TPSA) is 58.2 Å². The van der Waals surface area contributed by atoms with E-state index in [4.69, 9.17) is 4.74 Å². The Labute approximate surface area is 147 Å². The van der Waals surface area contributed by atoms with Crippen LogP contribution in [-0.4, -0.2) is 52.3 Å². The minimum absolute atomic E-state index is 0.161. The van der Waals surface area contributed by atoms with E-state index in [0.717, 1.165) is 42.8 Å². The van der Waals surface area contributed by atoms with Crippen molar-refractivity contribution in [3.63, 3.8) is 0 Å². The molecule has 1 amide bonds. The monoisotopic (exact) mass is 347 g/mol. The van der Waals surface area contributed by atoms with Crippen LogP contribution in [0.5, 0.6) is 0 Å². The summed E-state index contributed by atoms with van der Waals surface area (Å²) in [4.78, 5) is 22.4. The molecule has 0 saturated carbocycles. The molecule has 2 unspecified atom stereocenters. The Bertz CT molecular complexity index is 653. The Morgan fingerprint density at radius 1 is 1.50 bits per heavy atom. The van der Waals surface area contributed by atoms with Gasteiger partial charge >= 0.3 is 0 Å². The van der Waals surface area contributed by atoms with Crippen molar-refractivity contribution < 1.29 is 9.53 Å². The lowest BCUT2D eigenvalue weighted by molar-refractivity contribution is -0.132. The van der Waals surface area contributed by atoms with Gasteiger partial charge in [0, 0.05) is 19.7 Å². The molecule has 6 heteroatoms. The number of ether oxygens (including phenoxy) is 1. The number of fused-ring (bicyclic) bond motifs is 1. The lowest BCUT2D eigenvalue weighted by atomic mass is 10.1. The van der Waals surface area contributed by atoms with E-state index in [2.05, 4.69) is 16.9 Å². The lowest BCUT2D eigenvalue weighted by Gasteiger charge is -2.32. The van der Waals surface area contributed by atoms with Crippen molar-refractivity contribution in [1.29, 1.82) is 0 Å². The fourth-order valence-corrected chi connectivity index (χ4v) is 3.91. The number of piperidine rings is 1. The van der Waals surface area contributed by atoms with Gasteiger partial charge in [-0.1, -0.05) is 12.1 Å². The Morgan fingerprint density at radius 3 is 3.12 bits per heavy atom. The van der Waals surface area contributed by atoms with Crippen LogP contribution in [0.15, 0.2) is 24.3 Å². The number of para-hydroxylation sites is 2. The number of hydrogen-bond donors (Lipinski definition) is 1. The summed E-state index contributed by atoms with van der Waals surface area (Å²) in [7, 11) is 0. The summed E-state index contributed by atoms with van der Waals surface area (Å²) in [5, 5.41) is 0.161. The molecule has 0 spiro atoms. The maximum Gasteiger partial charge on any atom is 0.232 e. The van der Waals surface area contributed by atoms with E-state index in [1.807, 2.05) is 36.1 Å². The van der Waals surface area contributed by atoms with Crippen LogP contribution in [0.2, 0.25) is 0 Å². The Hall–Kier alpha value is -1.53. The number of benzene rings is 1. The fourth-order valence-electron chi connectivity index (χ4n) is 3.07. The van der Waals surface area contributed by atoms with E-state index in [1.54, 1.807) is 11.8 Å². The maximum atomic E-state index is 12.5. The Kier molecular flexibility index (Phi) is 5.79. The number of aromatic nitrogens is 2. The molecule has 2 aromatic rings. The minimum Gasteiger partial charge on any atom is -0.377 e. The van der Waals surface area contributed by atoms with Gasteiger partial charge in [0.25, 0.3) is 0 Å². The van der Waals surface area contributed by atoms with Crippen LogP contribution in [0.3, 0.4) is 0 Å². The van der Waals surface area contributed by atoms with E-state index in [1.165, 1.54) is 0 Å². The first-order valence-electron chi connectivity index (χ1n) is 8.63. The molecule has 2 atom stereocenters. The highest BCUT2D eigenvalue weighted by Crippen LogP contribution is 2.28. The minimum atomic E-state index is 0.161. The second-order valence-electron chi connectivity index (χ2n) is 6.15. The van der Waals surface area contributed by atoms with Crippen LogP contribution in [0.25, 0.3) is 11.0 Å². The molecule has 3 rings (SSSR count). The largest absolute Gasteiger partial charge is 0.377 e. The third-order valence-electron chi connectivity index (χ3n) is 4.38. The van der Waals surface area contributed by atoms with Gasteiger partial charge in [-0.15, -0.1) is 11.8 Å². The third-order valence-corrected chi connectivity index (χ3v) is 5.52. The molecule has 0 bridgehead atoms. The van der Waals surface area contributed by atoms with Gasteiger partial charge in [-0.3, -0.25) is 4.79 Å². The van der Waals surface area contributed by atoms with Crippen LogP contribution in [0, 0.1) is 0 Å². The van der Waals surface area contributed by atoms with Crippen LogP contribution in [0.1, 0.15) is 37.8 Å². The second kappa shape index (κ2) is 8.03. The van der Waals surface area contributed by atoms with Crippen molar-refractivity contribution >= 4 is 28.7 Å². The number of nitrogens with one attached hydrogen (secondary N) is 1. The molecule has 0 aliphatic carbocycles. The van der Waals surface area contributed by atoms with Gasteiger partial charge in [-0.05, 0) is 38.8 Å². The summed E-state index contributed by atoms with van der Waals surface area (Å²) in [5.41, 5.74) is 2.02. The molecule has 5 nitrogen and oxygen atoms in total. The molecule has 1 aromatic heterocycles. The first-order chi connectivity index (χ1) is 11.7. The van der Waals surface area contributed by atoms with Crippen LogP contribution < -0.4 is 0 Å². The number of imidazole rings is 1. The second-order valence-corrected chi connectivity index (χ2v) is 7.48. The molecular formula is C18H25N3O2S. The highest BCUT2D eigenvalue weighted by molar-refractivity contribution is 8.00. The van der Waals surface area contributed by atoms with Gasteiger partial charge in [0.15, 0.2) is 0 Å². The van der Waals surface area contributed by atoms with Crippen molar-refractivity contribution in [2.24, 2.45) is 0 Å². The smallest absolute Gasteiger partial charge is 0.232 e. The summed E-state index contributed by atoms with van der Waals surface area (Å²) in [6.07, 6.45) is 2.28. The number of nitrogens with zero attached hydrogens (tertiary/aromatic N) is 2. The lowest BCUT2D eigenvalue weighted by Crippen LogP contribution is -2.44. The molecule has 130 valence electrons. The number of rotatable bonds is 6. The van der Waals surface area contributed by atoms with Gasteiger partial charge in [-0.25, -0.2) is 4.98 Å². The molecule has 1 saturated heterocycles. The zero-order chi connectivity index (χ0) is 16.9. The Morgan fingerprint density at radius 2 is 2.33 bits per heavy atom. The van der Waals surface area contributed by atoms with Crippen molar-refractivity contribution in [3.05, 3.63) is 30.1 Å². The number of thioether (sulfide) groups is 1. The zero-order valence-electron chi connectivity index (χ0n) is 14.3. The van der Waals surface area contributed by atoms with Crippen LogP contribution in [-0.2, 0) is 9.53 Å². The van der Waals surface area contributed by atoms with E-state index in [9.17, 15) is 4.79 Å². The third kappa shape index (κ3) is 4.11. The molecule has 2 heterocycles. The number of amides is 1. The predicted octanol–water partition coefficient (Wildman–Crippen LogP) is 3.38. The SMILES string of the molecule is CCOC1CCCN(C(=O)CSC(C)c2nc3ccccc3[nH]2)C1. The number of hydrogen-bond acceptors (Lipinski definition) is 4. The molecule has 1 fully saturated rings. The van der Waals surface area contributed by atoms with Crippen molar-refractivity contribution in [1.82, 2.24) is 14.9 Å². The summed E-state index contributed by atoms with van der Waals surface area (Å²) >= 11 is 1.64. The molecule has 1 N–H and O–H groups in total. The van der Waals surface area contributed by atoms with E-state index in [-0.39, 0.29) is 17.3 Å². The quantitative estimate of drug-likeness (QED) is 0.870. The average Bonchev–Trinajstić information content (AvgIpc) is 3.04. The highest BCUT2D eigenvalue weighted by atomic mass is 32.2. The summed E-state index contributed by atoms with van der Waals surface area (Å²) in [5.74, 6) is 1.61. The van der Waals surface area contributed by atoms with E-state index >= 15 is 0 Å². The molecule has 24 heavy (non-hydrogen) atoms. The first kappa shape index (κ1) is 17.3. The number of carbonyl (C=O) groups excluding carboxylic acids is 1. The summed E-state index contributed by atoms with van der Waals surface area (Å²) in [6.45, 7) is 6.39. The van der Waals surface area contributed by atoms with Crippen molar-refractivity contribution in [2.75, 3.05) is 25.4 Å². The van der Waals surface area contributed by atoms with Gasteiger partial charge in [-0.2, -0.15) is 0 Å². The maximum absolute atomic E-state index is 12.5. The number of H-pyrrole nitrogens is 1. The van der Waals surface area contributed by atoms with Gasteiger partial charge in [0.2, 0.25) is 5.91 Å². The molecule has 0 radical (unpaired) electrons. The van der Waals surface area contributed by atoms with Gasteiger partial charge < -0.3 is 14.6 Å². The van der Waals surface area contributed by atoms with Crippen LogP contribution >= 0.6 is 11.8 Å². The zero-order valence-corrected chi connectivity index (χ0v) is 15.1. The number of aromatic amines is 1. The highest BCUT2D eigenvalue weighted by Gasteiger charge is 2.24. The standard InChI is InChI=1S/C18H25N3O2S/c1-3-23-14-7-6-10-21(11-14)17(22)12-24-13(2)18-19-15-8-4-5-9-16(15)20-18/h4-5,8-9,13-14H,3,6-7,10-12H2,1-2H3,(H,19,20). The fraction of sp³-hybridized carbons (Fsp3) is 0.556. The van der Waals surface area contributed by atoms with Crippen molar-refractivity contribution in [3.8, 4) is 0 Å². The summed E-state index contributed by atoms with van der Waals surface area (Å²) < 4.78 is 5.68. The average molecular weight is 347 g/mol. The first-order valence-corrected chi connectivity index (χ1v) is 9.68. The molecule has 1 aromatic carbocycles. The van der Waals surface area contributed by atoms with Crippen molar-refractivity contribution in [2.45, 2.75) is 38.0 Å². The Balaban J connectivity index is 1.53. The van der Waals surface area contributed by atoms with E-state index in [0.29, 0.717) is 12.4 Å². The molecular weight excluding hydrogens is 322 g/mol. The number of carbonyl (C=O) groups is 1. The molecule has 1 aliphatic rings. The number of likely N-dealkylation sites (tertiary alicyclic amines) is 1. The van der Waals surface area contributed by atoms with Gasteiger partial charge in [0.05, 0.1) is 28.1 Å². The summed E-state index contributed by atoms with van der Waals surface area (Å²) in [6, 6.07) is 8.01. The predicted molar refractivity (Wildman–Crippen MR) is 98.2 cm³/mol. The van der Waals surface area contributed by atoms with Gasteiger partial charge in [0.1, 0.15) is 5.82 Å². The normalized spacial score (nSPS) is 19.6. The van der Waals surface area contributed by atoms with E-state index < -0.39 is 0 Å². The molecule has 1 aliphatic heterocycles.